The third-order valence-corrected chi connectivity index (χ3v) is 2.00. The molecule has 0 bridgehead atoms. The molecular weight excluding hydrogens is 182 g/mol. The number of hydrogen-bond donors (Lipinski definition) is 6. The zero-order valence-electron chi connectivity index (χ0n) is 6.74. The minimum Gasteiger partial charge on any atom is -0.394 e. The van der Waals surface area contributed by atoms with E-state index in [1.165, 1.54) is 0 Å². The number of nitrogens with two attached hydrogens (primary N) is 1. The van der Waals surface area contributed by atoms with Crippen LogP contribution in [0.3, 0.4) is 0 Å². The lowest BCUT2D eigenvalue weighted by atomic mass is 9.97. The first-order valence-corrected chi connectivity index (χ1v) is 3.74. The van der Waals surface area contributed by atoms with E-state index in [9.17, 15) is 5.11 Å². The number of rotatable bonds is 1. The van der Waals surface area contributed by atoms with Crippen molar-refractivity contribution in [3.63, 3.8) is 0 Å². The van der Waals surface area contributed by atoms with Crippen LogP contribution in [-0.2, 0) is 4.74 Å². The monoisotopic (exact) mass is 195 g/mol. The summed E-state index contributed by atoms with van der Waals surface area (Å²) in [5, 5.41) is 45.2. The quantitative estimate of drug-likeness (QED) is 0.235. The van der Waals surface area contributed by atoms with Gasteiger partial charge < -0.3 is 30.3 Å². The van der Waals surface area contributed by atoms with Gasteiger partial charge in [0.1, 0.15) is 18.3 Å². The van der Waals surface area contributed by atoms with Crippen LogP contribution in [0.1, 0.15) is 0 Å². The summed E-state index contributed by atoms with van der Waals surface area (Å²) < 4.78 is 4.54. The van der Waals surface area contributed by atoms with Gasteiger partial charge in [0.2, 0.25) is 0 Å². The smallest absolute Gasteiger partial charge is 0.252 e. The molecule has 0 aromatic rings. The third-order valence-electron chi connectivity index (χ3n) is 2.00. The predicted octanol–water partition coefficient (Wildman–Crippen LogP) is -3.94. The minimum absolute atomic E-state index is 0.621. The van der Waals surface area contributed by atoms with E-state index in [0.29, 0.717) is 0 Å². The van der Waals surface area contributed by atoms with Gasteiger partial charge in [-0.1, -0.05) is 0 Å². The molecule has 1 saturated heterocycles. The molecule has 0 aliphatic carbocycles. The van der Waals surface area contributed by atoms with E-state index in [-0.39, 0.29) is 0 Å². The van der Waals surface area contributed by atoms with Crippen molar-refractivity contribution in [1.29, 1.82) is 0 Å². The standard InChI is InChI=1S/C6H13NO6/c7-6(12)5(11)4(10)3(9)2(1-8)13-6/h2-5,8-12H,1,7H2/t2-,3-,4+,5-,6-/m1/s1. The van der Waals surface area contributed by atoms with Crippen molar-refractivity contribution in [2.24, 2.45) is 5.73 Å². The second kappa shape index (κ2) is 3.46. The Hall–Kier alpha value is -0.280. The summed E-state index contributed by atoms with van der Waals surface area (Å²) in [4.78, 5) is 0. The summed E-state index contributed by atoms with van der Waals surface area (Å²) in [6, 6.07) is 0. The number of ether oxygens (including phenoxy) is 1. The molecule has 5 atom stereocenters. The Morgan fingerprint density at radius 2 is 1.77 bits per heavy atom. The van der Waals surface area contributed by atoms with Gasteiger partial charge in [0.05, 0.1) is 6.61 Å². The van der Waals surface area contributed by atoms with Crippen LogP contribution in [0.25, 0.3) is 0 Å². The van der Waals surface area contributed by atoms with E-state index in [4.69, 9.17) is 26.2 Å². The van der Waals surface area contributed by atoms with E-state index in [1.54, 1.807) is 0 Å². The van der Waals surface area contributed by atoms with Crippen molar-refractivity contribution in [1.82, 2.24) is 0 Å². The maximum absolute atomic E-state index is 9.18. The fourth-order valence-electron chi connectivity index (χ4n) is 1.18. The average molecular weight is 195 g/mol. The third kappa shape index (κ3) is 1.81. The van der Waals surface area contributed by atoms with E-state index in [0.717, 1.165) is 0 Å². The van der Waals surface area contributed by atoms with E-state index in [1.807, 2.05) is 0 Å². The Morgan fingerprint density at radius 1 is 1.23 bits per heavy atom. The second-order valence-corrected chi connectivity index (χ2v) is 3.02. The van der Waals surface area contributed by atoms with Crippen LogP contribution in [0.5, 0.6) is 0 Å². The topological polar surface area (TPSA) is 136 Å². The SMILES string of the molecule is N[C@]1(O)O[C@H](CO)[C@@H](O)[C@H](O)[C@H]1O. The molecule has 1 rings (SSSR count). The second-order valence-electron chi connectivity index (χ2n) is 3.02. The van der Waals surface area contributed by atoms with Crippen molar-refractivity contribution in [2.45, 2.75) is 30.3 Å². The fraction of sp³-hybridized carbons (Fsp3) is 1.00. The zero-order valence-corrected chi connectivity index (χ0v) is 6.74. The van der Waals surface area contributed by atoms with Gasteiger partial charge in [-0.2, -0.15) is 0 Å². The molecule has 1 heterocycles. The summed E-state index contributed by atoms with van der Waals surface area (Å²) in [6.07, 6.45) is -6.16. The first-order valence-electron chi connectivity index (χ1n) is 3.74. The molecule has 1 aliphatic rings. The largest absolute Gasteiger partial charge is 0.394 e. The Balaban J connectivity index is 2.79. The Bertz CT molecular complexity index is 184. The molecule has 13 heavy (non-hydrogen) atoms. The van der Waals surface area contributed by atoms with Crippen LogP contribution < -0.4 is 5.73 Å². The van der Waals surface area contributed by atoms with Crippen LogP contribution >= 0.6 is 0 Å². The molecule has 7 heteroatoms. The maximum Gasteiger partial charge on any atom is 0.252 e. The lowest BCUT2D eigenvalue weighted by Gasteiger charge is -2.42. The van der Waals surface area contributed by atoms with Crippen molar-refractivity contribution in [3.8, 4) is 0 Å². The molecule has 0 unspecified atom stereocenters. The van der Waals surface area contributed by atoms with Gasteiger partial charge in [0, 0.05) is 0 Å². The van der Waals surface area contributed by atoms with Gasteiger partial charge >= 0.3 is 0 Å². The molecule has 1 fully saturated rings. The van der Waals surface area contributed by atoms with Crippen LogP contribution in [0, 0.1) is 0 Å². The van der Waals surface area contributed by atoms with Gasteiger partial charge in [0.25, 0.3) is 5.91 Å². The minimum atomic E-state index is -2.45. The van der Waals surface area contributed by atoms with Crippen molar-refractivity contribution < 1.29 is 30.3 Å². The summed E-state index contributed by atoms with van der Waals surface area (Å²) in [5.74, 6) is -2.45. The van der Waals surface area contributed by atoms with Gasteiger partial charge in [-0.05, 0) is 0 Å². The summed E-state index contributed by atoms with van der Waals surface area (Å²) in [6.45, 7) is -0.621. The molecule has 7 N–H and O–H groups in total. The van der Waals surface area contributed by atoms with Crippen molar-refractivity contribution in [2.75, 3.05) is 6.61 Å². The van der Waals surface area contributed by atoms with Crippen LogP contribution in [0.4, 0.5) is 0 Å². The van der Waals surface area contributed by atoms with Gasteiger partial charge in [0.15, 0.2) is 6.10 Å². The molecule has 0 aromatic carbocycles. The predicted molar refractivity (Wildman–Crippen MR) is 39.1 cm³/mol. The Labute approximate surface area is 74.0 Å². The summed E-state index contributed by atoms with van der Waals surface area (Å²) in [7, 11) is 0. The highest BCUT2D eigenvalue weighted by atomic mass is 16.7. The van der Waals surface area contributed by atoms with Gasteiger partial charge in [-0.25, -0.2) is 0 Å². The van der Waals surface area contributed by atoms with Crippen LogP contribution in [0.15, 0.2) is 0 Å². The summed E-state index contributed by atoms with van der Waals surface area (Å²) in [5.41, 5.74) is 5.04. The average Bonchev–Trinajstić information content (AvgIpc) is 2.08. The highest BCUT2D eigenvalue weighted by molar-refractivity contribution is 4.92. The number of hydrogen-bond acceptors (Lipinski definition) is 7. The normalized spacial score (nSPS) is 52.2. The Kier molecular flexibility index (Phi) is 2.88. The lowest BCUT2D eigenvalue weighted by Crippen LogP contribution is -2.69. The number of aliphatic hydroxyl groups excluding tert-OH is 4. The fourth-order valence-corrected chi connectivity index (χ4v) is 1.18. The maximum atomic E-state index is 9.18. The molecule has 1 aliphatic heterocycles. The zero-order chi connectivity index (χ0) is 10.2. The highest BCUT2D eigenvalue weighted by Crippen LogP contribution is 2.23. The van der Waals surface area contributed by atoms with Crippen molar-refractivity contribution in [3.05, 3.63) is 0 Å². The number of aliphatic hydroxyl groups is 5. The van der Waals surface area contributed by atoms with Gasteiger partial charge in [-0.3, -0.25) is 5.73 Å². The van der Waals surface area contributed by atoms with E-state index >= 15 is 0 Å². The molecular formula is C6H13NO6. The summed E-state index contributed by atoms with van der Waals surface area (Å²) >= 11 is 0. The Morgan fingerprint density at radius 3 is 2.23 bits per heavy atom. The van der Waals surface area contributed by atoms with Crippen LogP contribution in [-0.4, -0.2) is 62.5 Å². The first kappa shape index (κ1) is 10.8. The molecule has 0 amide bonds. The van der Waals surface area contributed by atoms with E-state index < -0.39 is 36.9 Å². The molecule has 0 saturated carbocycles. The highest BCUT2D eigenvalue weighted by Gasteiger charge is 2.50. The van der Waals surface area contributed by atoms with E-state index in [2.05, 4.69) is 4.74 Å². The van der Waals surface area contributed by atoms with Gasteiger partial charge in [-0.15, -0.1) is 0 Å². The molecule has 7 nitrogen and oxygen atoms in total. The molecule has 0 spiro atoms. The lowest BCUT2D eigenvalue weighted by molar-refractivity contribution is -0.346. The molecule has 0 aromatic heterocycles. The van der Waals surface area contributed by atoms with Crippen molar-refractivity contribution >= 4 is 0 Å². The first-order chi connectivity index (χ1) is 5.90. The van der Waals surface area contributed by atoms with Crippen LogP contribution in [0.2, 0.25) is 0 Å². The molecule has 78 valence electrons. The molecule has 0 radical (unpaired) electrons.